The molecular weight excluding hydrogens is 432 g/mol. The highest BCUT2D eigenvalue weighted by molar-refractivity contribution is 7.90. The average Bonchev–Trinajstić information content (AvgIpc) is 3.33. The first kappa shape index (κ1) is 23.9. The van der Waals surface area contributed by atoms with Crippen LogP contribution in [0.25, 0.3) is 0 Å². The van der Waals surface area contributed by atoms with Crippen molar-refractivity contribution in [3.8, 4) is 0 Å². The summed E-state index contributed by atoms with van der Waals surface area (Å²) in [5, 5.41) is 9.97. The number of anilines is 1. The van der Waals surface area contributed by atoms with Crippen LogP contribution in [0.4, 0.5) is 5.69 Å². The van der Waals surface area contributed by atoms with E-state index >= 15 is 0 Å². The Labute approximate surface area is 188 Å². The van der Waals surface area contributed by atoms with Crippen LogP contribution < -0.4 is 20.3 Å². The molecule has 0 spiro atoms. The quantitative estimate of drug-likeness (QED) is 0.488. The zero-order valence-electron chi connectivity index (χ0n) is 18.8. The van der Waals surface area contributed by atoms with Crippen molar-refractivity contribution in [2.24, 2.45) is 0 Å². The minimum atomic E-state index is -3.72. The fourth-order valence-corrected chi connectivity index (χ4v) is 4.38. The van der Waals surface area contributed by atoms with Gasteiger partial charge in [-0.2, -0.15) is 5.10 Å². The summed E-state index contributed by atoms with van der Waals surface area (Å²) in [5.41, 5.74) is -0.176. The number of likely N-dealkylation sites (N-methyl/N-ethyl adjacent to an activating group) is 1. The lowest BCUT2D eigenvalue weighted by atomic mass is 9.91. The molecule has 1 unspecified atom stereocenters. The van der Waals surface area contributed by atoms with E-state index < -0.39 is 20.3 Å². The number of hydrogen-bond donors (Lipinski definition) is 3. The molecule has 3 rings (SSSR count). The minimum Gasteiger partial charge on any atom is -0.358 e. The molecule has 174 valence electrons. The number of rotatable bonds is 9. The van der Waals surface area contributed by atoms with E-state index in [9.17, 15) is 18.0 Å². The summed E-state index contributed by atoms with van der Waals surface area (Å²) >= 11 is 0. The van der Waals surface area contributed by atoms with E-state index in [1.807, 2.05) is 0 Å². The molecule has 2 heterocycles. The number of aromatic nitrogens is 2. The van der Waals surface area contributed by atoms with Crippen LogP contribution in [-0.2, 0) is 31.7 Å². The Morgan fingerprint density at radius 3 is 2.53 bits per heavy atom. The van der Waals surface area contributed by atoms with E-state index in [-0.39, 0.29) is 24.9 Å². The Morgan fingerprint density at radius 2 is 1.91 bits per heavy atom. The Kier molecular flexibility index (Phi) is 6.72. The molecule has 2 amide bonds. The van der Waals surface area contributed by atoms with E-state index in [2.05, 4.69) is 20.5 Å². The van der Waals surface area contributed by atoms with Gasteiger partial charge in [0.05, 0.1) is 11.3 Å². The monoisotopic (exact) mass is 462 g/mol. The van der Waals surface area contributed by atoms with Crippen LogP contribution in [0.15, 0.2) is 42.7 Å². The highest BCUT2D eigenvalue weighted by Crippen LogP contribution is 2.40. The first-order valence-electron chi connectivity index (χ1n) is 10.4. The number of carbonyl (C=O) groups excluding carboxylic acids is 2. The minimum absolute atomic E-state index is 0.166. The smallest absolute Gasteiger partial charge is 0.253 e. The number of benzene rings is 1. The summed E-state index contributed by atoms with van der Waals surface area (Å²) in [6.45, 7) is 5.26. The third-order valence-electron chi connectivity index (χ3n) is 5.51. The number of fused-ring (bicyclic) bond motifs is 1. The van der Waals surface area contributed by atoms with E-state index in [0.29, 0.717) is 24.3 Å². The van der Waals surface area contributed by atoms with Crippen molar-refractivity contribution in [1.29, 1.82) is 0 Å². The Hall–Kier alpha value is -2.76. The summed E-state index contributed by atoms with van der Waals surface area (Å²) in [7, 11) is -2.22. The molecule has 32 heavy (non-hydrogen) atoms. The van der Waals surface area contributed by atoms with Crippen molar-refractivity contribution in [2.45, 2.75) is 37.6 Å². The lowest BCUT2D eigenvalue weighted by Crippen LogP contribution is -2.59. The molecule has 10 nitrogen and oxygen atoms in total. The van der Waals surface area contributed by atoms with E-state index in [0.717, 1.165) is 0 Å². The Balaban J connectivity index is 1.98. The molecule has 1 aliphatic rings. The Morgan fingerprint density at radius 1 is 1.19 bits per heavy atom. The van der Waals surface area contributed by atoms with Crippen LogP contribution in [0.2, 0.25) is 0 Å². The van der Waals surface area contributed by atoms with Crippen LogP contribution >= 0.6 is 0 Å². The molecule has 0 fully saturated rings. The first-order valence-corrected chi connectivity index (χ1v) is 11.8. The molecule has 0 bridgehead atoms. The van der Waals surface area contributed by atoms with Crippen LogP contribution in [0.5, 0.6) is 0 Å². The van der Waals surface area contributed by atoms with Crippen molar-refractivity contribution >= 4 is 27.5 Å². The lowest BCUT2D eigenvalue weighted by Gasteiger charge is -2.32. The van der Waals surface area contributed by atoms with Crippen molar-refractivity contribution in [1.82, 2.24) is 25.1 Å². The molecule has 0 saturated carbocycles. The maximum atomic E-state index is 13.7. The first-order chi connectivity index (χ1) is 15.0. The molecule has 11 heteroatoms. The third-order valence-corrected chi connectivity index (χ3v) is 7.64. The molecule has 3 N–H and O–H groups in total. The molecule has 0 aliphatic carbocycles. The fraction of sp³-hybridized carbons (Fsp3) is 0.476. The average molecular weight is 463 g/mol. The second kappa shape index (κ2) is 9.00. The van der Waals surface area contributed by atoms with Gasteiger partial charge in [-0.3, -0.25) is 19.6 Å². The van der Waals surface area contributed by atoms with Crippen molar-refractivity contribution in [3.63, 3.8) is 0 Å². The molecule has 1 aromatic carbocycles. The van der Waals surface area contributed by atoms with E-state index in [1.165, 1.54) is 11.9 Å². The topological polar surface area (TPSA) is 125 Å². The second-order valence-corrected chi connectivity index (χ2v) is 11.1. The highest BCUT2D eigenvalue weighted by Gasteiger charge is 2.51. The van der Waals surface area contributed by atoms with Crippen LogP contribution in [0.1, 0.15) is 26.3 Å². The predicted molar refractivity (Wildman–Crippen MR) is 121 cm³/mol. The molecule has 1 aromatic heterocycles. The van der Waals surface area contributed by atoms with Crippen LogP contribution in [-0.4, -0.2) is 61.4 Å². The van der Waals surface area contributed by atoms with Gasteiger partial charge >= 0.3 is 0 Å². The molecule has 1 atom stereocenters. The summed E-state index contributed by atoms with van der Waals surface area (Å²) in [6.07, 6.45) is 3.47. The molecular formula is C21H30N6O4S. The summed E-state index contributed by atoms with van der Waals surface area (Å²) in [6, 6.07) is 8.91. The zero-order valence-corrected chi connectivity index (χ0v) is 19.6. The third kappa shape index (κ3) is 4.54. The van der Waals surface area contributed by atoms with Crippen LogP contribution in [0, 0.1) is 0 Å². The zero-order chi connectivity index (χ0) is 23.6. The largest absolute Gasteiger partial charge is 0.358 e. The normalized spacial score (nSPS) is 18.6. The van der Waals surface area contributed by atoms with Crippen LogP contribution in [0.3, 0.4) is 0 Å². The SMILES string of the molecule is CNC(=O)CN1C(=O)C(CNS(=O)(=O)C(C)(C)C)(NCCn2cccn2)c2ccccc21. The molecule has 0 saturated heterocycles. The highest BCUT2D eigenvalue weighted by atomic mass is 32.2. The maximum Gasteiger partial charge on any atom is 0.253 e. The van der Waals surface area contributed by atoms with Crippen molar-refractivity contribution in [3.05, 3.63) is 48.3 Å². The number of nitrogens with zero attached hydrogens (tertiary/aromatic N) is 3. The maximum absolute atomic E-state index is 13.7. The molecule has 1 aliphatic heterocycles. The van der Waals surface area contributed by atoms with E-state index in [4.69, 9.17) is 0 Å². The number of carbonyl (C=O) groups is 2. The summed E-state index contributed by atoms with van der Waals surface area (Å²) < 4.78 is 28.9. The standard InChI is InChI=1S/C21H30N6O4S/c1-20(2,3)32(30,31)25-15-21(23-11-13-26-12-7-10-24-26)16-8-5-6-9-17(16)27(19(21)29)14-18(28)22-4/h5-10,12,23,25H,11,13-15H2,1-4H3,(H,22,28). The van der Waals surface area contributed by atoms with Gasteiger partial charge in [0.2, 0.25) is 15.9 Å². The number of amides is 2. The number of hydrogen-bond acceptors (Lipinski definition) is 6. The fourth-order valence-electron chi connectivity index (χ4n) is 3.55. The second-order valence-electron chi connectivity index (χ2n) is 8.62. The van der Waals surface area contributed by atoms with Gasteiger partial charge in [-0.15, -0.1) is 0 Å². The van der Waals surface area contributed by atoms with Gasteiger partial charge in [-0.25, -0.2) is 13.1 Å². The number of para-hydroxylation sites is 1. The van der Waals surface area contributed by atoms with Gasteiger partial charge in [0.25, 0.3) is 5.91 Å². The predicted octanol–water partition coefficient (Wildman–Crippen LogP) is 0.179. The van der Waals surface area contributed by atoms with Gasteiger partial charge < -0.3 is 10.2 Å². The van der Waals surface area contributed by atoms with Gasteiger partial charge in [0.1, 0.15) is 12.1 Å². The van der Waals surface area contributed by atoms with Gasteiger partial charge in [0.15, 0.2) is 0 Å². The molecule has 0 radical (unpaired) electrons. The van der Waals surface area contributed by atoms with E-state index in [1.54, 1.807) is 68.2 Å². The van der Waals surface area contributed by atoms with Crippen molar-refractivity contribution < 1.29 is 18.0 Å². The number of nitrogens with one attached hydrogen (secondary N) is 3. The van der Waals surface area contributed by atoms with Gasteiger partial charge in [-0.05, 0) is 32.9 Å². The van der Waals surface area contributed by atoms with Gasteiger partial charge in [-0.1, -0.05) is 18.2 Å². The summed E-state index contributed by atoms with van der Waals surface area (Å²) in [5.74, 6) is -0.713. The Bertz CT molecular complexity index is 1080. The number of sulfonamides is 1. The van der Waals surface area contributed by atoms with Crippen molar-refractivity contribution in [2.75, 3.05) is 31.6 Å². The molecule has 2 aromatic rings. The lowest BCUT2D eigenvalue weighted by molar-refractivity contribution is -0.126. The summed E-state index contributed by atoms with van der Waals surface area (Å²) in [4.78, 5) is 27.2. The van der Waals surface area contributed by atoms with Gasteiger partial charge in [0, 0.05) is 43.8 Å².